The lowest BCUT2D eigenvalue weighted by molar-refractivity contribution is -0.113. The fraction of sp³-hybridized carbons (Fsp3) is 0.0909. The van der Waals surface area contributed by atoms with Crippen molar-refractivity contribution < 1.29 is 4.79 Å². The van der Waals surface area contributed by atoms with E-state index in [1.54, 1.807) is 6.20 Å². The second-order valence-corrected chi connectivity index (χ2v) is 7.17. The highest BCUT2D eigenvalue weighted by molar-refractivity contribution is 7.99. The predicted octanol–water partition coefficient (Wildman–Crippen LogP) is 5.06. The van der Waals surface area contributed by atoms with Crippen LogP contribution in [-0.4, -0.2) is 21.2 Å². The van der Waals surface area contributed by atoms with Crippen molar-refractivity contribution in [2.45, 2.75) is 12.1 Å². The summed E-state index contributed by atoms with van der Waals surface area (Å²) in [5.41, 5.74) is 3.07. The molecule has 0 bridgehead atoms. The van der Waals surface area contributed by atoms with Gasteiger partial charge in [0.25, 0.3) is 0 Å². The number of rotatable bonds is 5. The summed E-state index contributed by atoms with van der Waals surface area (Å²) >= 11 is 1.43. The van der Waals surface area contributed by atoms with Gasteiger partial charge in [0, 0.05) is 23.5 Å². The molecule has 0 atom stereocenters. The van der Waals surface area contributed by atoms with Crippen molar-refractivity contribution in [1.82, 2.24) is 9.55 Å². The molecule has 0 aliphatic rings. The highest BCUT2D eigenvalue weighted by Crippen LogP contribution is 2.25. The summed E-state index contributed by atoms with van der Waals surface area (Å²) in [4.78, 5) is 16.9. The molecule has 1 amide bonds. The molecular formula is C22H19N3OS. The van der Waals surface area contributed by atoms with Crippen molar-refractivity contribution in [3.8, 4) is 5.69 Å². The average molecular weight is 373 g/mol. The van der Waals surface area contributed by atoms with E-state index < -0.39 is 0 Å². The van der Waals surface area contributed by atoms with Gasteiger partial charge in [-0.1, -0.05) is 66.4 Å². The Hall–Kier alpha value is -3.05. The number of hydrogen-bond donors (Lipinski definition) is 1. The van der Waals surface area contributed by atoms with E-state index in [1.807, 2.05) is 65.4 Å². The molecule has 4 aromatic rings. The van der Waals surface area contributed by atoms with Crippen LogP contribution in [0.3, 0.4) is 0 Å². The van der Waals surface area contributed by atoms with Gasteiger partial charge in [0.1, 0.15) is 0 Å². The first-order valence-corrected chi connectivity index (χ1v) is 9.71. The molecule has 27 heavy (non-hydrogen) atoms. The summed E-state index contributed by atoms with van der Waals surface area (Å²) in [6.07, 6.45) is 3.69. The molecule has 1 aromatic heterocycles. The topological polar surface area (TPSA) is 46.9 Å². The van der Waals surface area contributed by atoms with Crippen LogP contribution in [0, 0.1) is 6.92 Å². The number of nitrogens with zero attached hydrogens (tertiary/aromatic N) is 2. The Morgan fingerprint density at radius 1 is 1.04 bits per heavy atom. The summed E-state index contributed by atoms with van der Waals surface area (Å²) in [7, 11) is 0. The molecule has 0 radical (unpaired) electrons. The van der Waals surface area contributed by atoms with Gasteiger partial charge >= 0.3 is 0 Å². The van der Waals surface area contributed by atoms with Gasteiger partial charge in [-0.2, -0.15) is 0 Å². The zero-order chi connectivity index (χ0) is 18.6. The van der Waals surface area contributed by atoms with Gasteiger partial charge < -0.3 is 5.32 Å². The van der Waals surface area contributed by atoms with Crippen molar-refractivity contribution >= 4 is 34.1 Å². The summed E-state index contributed by atoms with van der Waals surface area (Å²) in [5, 5.41) is 5.98. The second kappa shape index (κ2) is 7.68. The Balaban J connectivity index is 1.48. The van der Waals surface area contributed by atoms with Crippen LogP contribution in [0.1, 0.15) is 5.56 Å². The van der Waals surface area contributed by atoms with Gasteiger partial charge in [-0.15, -0.1) is 0 Å². The van der Waals surface area contributed by atoms with Gasteiger partial charge in [-0.3, -0.25) is 9.36 Å². The molecular weight excluding hydrogens is 354 g/mol. The number of fused-ring (bicyclic) bond motifs is 1. The Labute approximate surface area is 162 Å². The number of nitrogens with one attached hydrogen (secondary N) is 1. The molecule has 0 unspecified atom stereocenters. The first-order valence-electron chi connectivity index (χ1n) is 8.72. The monoisotopic (exact) mass is 373 g/mol. The number of aromatic nitrogens is 2. The van der Waals surface area contributed by atoms with E-state index >= 15 is 0 Å². The van der Waals surface area contributed by atoms with Gasteiger partial charge in [-0.05, 0) is 30.0 Å². The number of aryl methyl sites for hydroxylation is 1. The lowest BCUT2D eigenvalue weighted by atomic mass is 10.1. The maximum absolute atomic E-state index is 12.5. The summed E-state index contributed by atoms with van der Waals surface area (Å²) in [5.74, 6) is 0.252. The van der Waals surface area contributed by atoms with Crippen molar-refractivity contribution in [2.24, 2.45) is 0 Å². The first-order chi connectivity index (χ1) is 13.2. The maximum Gasteiger partial charge on any atom is 0.234 e. The zero-order valence-electron chi connectivity index (χ0n) is 14.9. The minimum absolute atomic E-state index is 0.0457. The number of hydrogen-bond acceptors (Lipinski definition) is 3. The lowest BCUT2D eigenvalue weighted by Crippen LogP contribution is -2.14. The highest BCUT2D eigenvalue weighted by Gasteiger charge is 2.11. The van der Waals surface area contributed by atoms with Crippen LogP contribution >= 0.6 is 11.8 Å². The van der Waals surface area contributed by atoms with Gasteiger partial charge in [0.15, 0.2) is 5.16 Å². The maximum atomic E-state index is 12.5. The predicted molar refractivity (Wildman–Crippen MR) is 112 cm³/mol. The van der Waals surface area contributed by atoms with Crippen molar-refractivity contribution in [3.05, 3.63) is 84.7 Å². The fourth-order valence-electron chi connectivity index (χ4n) is 3.06. The Morgan fingerprint density at radius 3 is 2.70 bits per heavy atom. The quantitative estimate of drug-likeness (QED) is 0.497. The van der Waals surface area contributed by atoms with E-state index in [0.29, 0.717) is 5.75 Å². The van der Waals surface area contributed by atoms with Crippen LogP contribution in [-0.2, 0) is 4.79 Å². The molecule has 0 spiro atoms. The van der Waals surface area contributed by atoms with E-state index in [-0.39, 0.29) is 5.91 Å². The van der Waals surface area contributed by atoms with Crippen molar-refractivity contribution in [2.75, 3.05) is 11.1 Å². The molecule has 5 heteroatoms. The number of para-hydroxylation sites is 1. The van der Waals surface area contributed by atoms with Crippen LogP contribution in [0.25, 0.3) is 16.5 Å². The normalized spacial score (nSPS) is 10.9. The molecule has 4 nitrogen and oxygen atoms in total. The molecule has 0 fully saturated rings. The third kappa shape index (κ3) is 3.73. The SMILES string of the molecule is Cc1ccccc1-n1ccnc1SCC(=O)Nc1cccc2ccccc12. The number of imidazole rings is 1. The van der Waals surface area contributed by atoms with Gasteiger partial charge in [0.05, 0.1) is 11.4 Å². The molecule has 0 saturated carbocycles. The number of benzene rings is 3. The van der Waals surface area contributed by atoms with E-state index in [1.165, 1.54) is 11.8 Å². The largest absolute Gasteiger partial charge is 0.325 e. The summed E-state index contributed by atoms with van der Waals surface area (Å²) < 4.78 is 2.02. The van der Waals surface area contributed by atoms with Crippen LogP contribution in [0.5, 0.6) is 0 Å². The lowest BCUT2D eigenvalue weighted by Gasteiger charge is -2.11. The van der Waals surface area contributed by atoms with Gasteiger partial charge in [-0.25, -0.2) is 4.98 Å². The molecule has 1 N–H and O–H groups in total. The minimum atomic E-state index is -0.0457. The van der Waals surface area contributed by atoms with Crippen molar-refractivity contribution in [1.29, 1.82) is 0 Å². The Morgan fingerprint density at radius 2 is 1.81 bits per heavy atom. The summed E-state index contributed by atoms with van der Waals surface area (Å²) in [6.45, 7) is 2.07. The molecule has 3 aromatic carbocycles. The molecule has 4 rings (SSSR count). The van der Waals surface area contributed by atoms with Crippen LogP contribution in [0.2, 0.25) is 0 Å². The number of thioether (sulfide) groups is 1. The standard InChI is InChI=1S/C22H19N3OS/c1-16-7-2-5-12-20(16)25-14-13-23-22(25)27-15-21(26)24-19-11-6-9-17-8-3-4-10-18(17)19/h2-14H,15H2,1H3,(H,24,26). The van der Waals surface area contributed by atoms with E-state index in [4.69, 9.17) is 0 Å². The first kappa shape index (κ1) is 17.4. The minimum Gasteiger partial charge on any atom is -0.325 e. The molecule has 0 aliphatic carbocycles. The summed E-state index contributed by atoms with van der Waals surface area (Å²) in [6, 6.07) is 22.1. The Kier molecular flexibility index (Phi) is 4.94. The van der Waals surface area contributed by atoms with E-state index in [9.17, 15) is 4.79 Å². The van der Waals surface area contributed by atoms with Crippen LogP contribution in [0.4, 0.5) is 5.69 Å². The van der Waals surface area contributed by atoms with E-state index in [2.05, 4.69) is 29.4 Å². The molecule has 0 aliphatic heterocycles. The molecule has 134 valence electrons. The third-order valence-electron chi connectivity index (χ3n) is 4.38. The van der Waals surface area contributed by atoms with Gasteiger partial charge in [0.2, 0.25) is 5.91 Å². The number of carbonyl (C=O) groups excluding carboxylic acids is 1. The Bertz CT molecular complexity index is 1100. The second-order valence-electron chi connectivity index (χ2n) is 6.23. The number of amides is 1. The fourth-order valence-corrected chi connectivity index (χ4v) is 3.83. The smallest absolute Gasteiger partial charge is 0.234 e. The van der Waals surface area contributed by atoms with Crippen LogP contribution in [0.15, 0.2) is 84.3 Å². The molecule has 1 heterocycles. The number of carbonyl (C=O) groups is 1. The zero-order valence-corrected chi connectivity index (χ0v) is 15.7. The molecule has 0 saturated heterocycles. The van der Waals surface area contributed by atoms with E-state index in [0.717, 1.165) is 32.9 Å². The third-order valence-corrected chi connectivity index (χ3v) is 5.34. The van der Waals surface area contributed by atoms with Crippen molar-refractivity contribution in [3.63, 3.8) is 0 Å². The average Bonchev–Trinajstić information content (AvgIpc) is 3.15. The van der Waals surface area contributed by atoms with Crippen LogP contribution < -0.4 is 5.32 Å². The number of anilines is 1. The highest BCUT2D eigenvalue weighted by atomic mass is 32.2.